The maximum Gasteiger partial charge on any atom is 0.257 e. The average molecular weight is 733 g/mol. The lowest BCUT2D eigenvalue weighted by molar-refractivity contribution is 0.0504. The van der Waals surface area contributed by atoms with Gasteiger partial charge in [0, 0.05) is 61.9 Å². The minimum Gasteiger partial charge on any atom is -0.439 e. The molecular formula is C38H33FN8O5S. The van der Waals surface area contributed by atoms with Crippen molar-refractivity contribution in [1.29, 1.82) is 5.26 Å². The van der Waals surface area contributed by atoms with Gasteiger partial charge in [-0.05, 0) is 61.9 Å². The molecule has 0 aliphatic carbocycles. The van der Waals surface area contributed by atoms with Crippen LogP contribution < -0.4 is 15.2 Å². The highest BCUT2D eigenvalue weighted by molar-refractivity contribution is 7.92. The number of anilines is 1. The highest BCUT2D eigenvalue weighted by Crippen LogP contribution is 2.40. The van der Waals surface area contributed by atoms with Crippen LogP contribution in [0.1, 0.15) is 28.7 Å². The van der Waals surface area contributed by atoms with Crippen LogP contribution in [0.3, 0.4) is 0 Å². The number of carbonyl (C=O) groups excluding carboxylic acids is 1. The van der Waals surface area contributed by atoms with E-state index in [0.29, 0.717) is 69.6 Å². The zero-order valence-electron chi connectivity index (χ0n) is 29.4. The molecule has 2 aromatic carbocycles. The Morgan fingerprint density at radius 2 is 1.87 bits per heavy atom. The fourth-order valence-electron chi connectivity index (χ4n) is 7.17. The van der Waals surface area contributed by atoms with Gasteiger partial charge in [0.15, 0.2) is 0 Å². The predicted molar refractivity (Wildman–Crippen MR) is 199 cm³/mol. The van der Waals surface area contributed by atoms with Crippen molar-refractivity contribution >= 4 is 60.0 Å². The summed E-state index contributed by atoms with van der Waals surface area (Å²) in [7, 11) is -0.961. The number of hydrogen-bond acceptors (Lipinski definition) is 9. The number of aryl methyl sites for hydroxylation is 1. The lowest BCUT2D eigenvalue weighted by Gasteiger charge is -2.43. The van der Waals surface area contributed by atoms with Crippen molar-refractivity contribution in [2.24, 2.45) is 5.41 Å². The molecule has 0 atom stereocenters. The second-order valence-corrected chi connectivity index (χ2v) is 15.8. The molecule has 13 nitrogen and oxygen atoms in total. The minimum atomic E-state index is -3.82. The van der Waals surface area contributed by atoms with Crippen LogP contribution in [0.2, 0.25) is 0 Å². The van der Waals surface area contributed by atoms with Gasteiger partial charge >= 0.3 is 0 Å². The molecule has 1 aliphatic rings. The van der Waals surface area contributed by atoms with Crippen LogP contribution in [0, 0.1) is 29.5 Å². The largest absolute Gasteiger partial charge is 0.439 e. The van der Waals surface area contributed by atoms with E-state index < -0.39 is 32.7 Å². The molecule has 53 heavy (non-hydrogen) atoms. The lowest BCUT2D eigenvalue weighted by atomic mass is 9.84. The molecule has 5 aromatic heterocycles. The van der Waals surface area contributed by atoms with Gasteiger partial charge in [0.05, 0.1) is 52.2 Å². The first-order valence-electron chi connectivity index (χ1n) is 16.7. The van der Waals surface area contributed by atoms with Crippen molar-refractivity contribution in [3.05, 3.63) is 100.0 Å². The number of nitriles is 1. The number of sulfonamides is 1. The molecule has 1 aliphatic heterocycles. The van der Waals surface area contributed by atoms with Crippen molar-refractivity contribution in [1.82, 2.24) is 29.2 Å². The molecule has 6 heterocycles. The molecule has 1 saturated heterocycles. The van der Waals surface area contributed by atoms with Gasteiger partial charge in [-0.2, -0.15) is 5.26 Å². The van der Waals surface area contributed by atoms with Gasteiger partial charge in [-0.3, -0.25) is 27.8 Å². The van der Waals surface area contributed by atoms with E-state index in [0.717, 1.165) is 16.1 Å². The fraction of sp³-hybridized carbons (Fsp3) is 0.237. The Kier molecular flexibility index (Phi) is 7.68. The van der Waals surface area contributed by atoms with E-state index in [-0.39, 0.29) is 22.7 Å². The second-order valence-electron chi connectivity index (χ2n) is 13.8. The zero-order chi connectivity index (χ0) is 37.6. The van der Waals surface area contributed by atoms with Gasteiger partial charge in [-0.1, -0.05) is 6.07 Å². The number of benzene rings is 2. The Morgan fingerprint density at radius 3 is 2.57 bits per heavy atom. The van der Waals surface area contributed by atoms with Crippen LogP contribution in [0.15, 0.2) is 76.1 Å². The summed E-state index contributed by atoms with van der Waals surface area (Å²) >= 11 is 0. The summed E-state index contributed by atoms with van der Waals surface area (Å²) < 4.78 is 51.6. The SMILES string of the molecule is CNC(=O)c1c(-n2ccc(C)cc2=O)oc2cc(N(C)S(C)(=O)=O)c(-c3ccc4nc(CN5CC(C)(C#N)C5)n5c6cccc(F)c6cc5c4n3)cc12. The van der Waals surface area contributed by atoms with E-state index in [1.54, 1.807) is 43.3 Å². The molecule has 8 rings (SSSR count). The van der Waals surface area contributed by atoms with E-state index in [1.807, 2.05) is 17.4 Å². The lowest BCUT2D eigenvalue weighted by Crippen LogP contribution is -2.53. The highest BCUT2D eigenvalue weighted by Gasteiger charge is 2.39. The molecule has 0 radical (unpaired) electrons. The molecule has 0 spiro atoms. The second kappa shape index (κ2) is 12.0. The number of nitrogens with zero attached hydrogens (tertiary/aromatic N) is 7. The third-order valence-corrected chi connectivity index (χ3v) is 11.0. The highest BCUT2D eigenvalue weighted by atomic mass is 32.2. The average Bonchev–Trinajstić information content (AvgIpc) is 3.69. The number of carbonyl (C=O) groups is 1. The summed E-state index contributed by atoms with van der Waals surface area (Å²) in [5.74, 6) is -0.312. The quantitative estimate of drug-likeness (QED) is 0.234. The number of rotatable bonds is 7. The van der Waals surface area contributed by atoms with E-state index in [1.165, 1.54) is 43.1 Å². The third-order valence-electron chi connectivity index (χ3n) is 9.85. The molecule has 0 bridgehead atoms. The number of aromatic nitrogens is 4. The van der Waals surface area contributed by atoms with Crippen molar-refractivity contribution in [3.8, 4) is 23.2 Å². The number of fused-ring (bicyclic) bond motifs is 6. The van der Waals surface area contributed by atoms with Crippen molar-refractivity contribution in [3.63, 3.8) is 0 Å². The number of likely N-dealkylation sites (tertiary alicyclic amines) is 1. The van der Waals surface area contributed by atoms with Gasteiger partial charge in [-0.15, -0.1) is 0 Å². The van der Waals surface area contributed by atoms with Crippen molar-refractivity contribution in [2.45, 2.75) is 20.4 Å². The third kappa shape index (κ3) is 5.49. The Morgan fingerprint density at radius 1 is 1.09 bits per heavy atom. The van der Waals surface area contributed by atoms with Crippen molar-refractivity contribution < 1.29 is 22.0 Å². The number of pyridine rings is 2. The molecular weight excluding hydrogens is 700 g/mol. The van der Waals surface area contributed by atoms with Gasteiger partial charge in [0.2, 0.25) is 15.9 Å². The Bertz CT molecular complexity index is 2920. The van der Waals surface area contributed by atoms with E-state index in [4.69, 9.17) is 14.4 Å². The number of amides is 1. The molecule has 1 amide bonds. The number of nitrogens with one attached hydrogen (secondary N) is 1. The van der Waals surface area contributed by atoms with Crippen LogP contribution in [0.5, 0.6) is 0 Å². The number of hydrogen-bond donors (Lipinski definition) is 1. The maximum atomic E-state index is 15.3. The summed E-state index contributed by atoms with van der Waals surface area (Å²) in [6.07, 6.45) is 2.58. The summed E-state index contributed by atoms with van der Waals surface area (Å²) in [4.78, 5) is 38.6. The molecule has 1 N–H and O–H groups in total. The van der Waals surface area contributed by atoms with Gasteiger partial charge < -0.3 is 9.73 Å². The number of furan rings is 1. The van der Waals surface area contributed by atoms with Crippen LogP contribution in [-0.2, 0) is 16.6 Å². The first kappa shape index (κ1) is 34.0. The molecule has 268 valence electrons. The summed E-state index contributed by atoms with van der Waals surface area (Å²) in [6.45, 7) is 5.24. The van der Waals surface area contributed by atoms with Gasteiger partial charge in [0.25, 0.3) is 11.5 Å². The fourth-order valence-corrected chi connectivity index (χ4v) is 7.68. The molecule has 0 unspecified atom stereocenters. The Hall–Kier alpha value is -6.11. The minimum absolute atomic E-state index is 0.0291. The topological polar surface area (TPSA) is 159 Å². The Balaban J connectivity index is 1.39. The van der Waals surface area contributed by atoms with Crippen molar-refractivity contribution in [2.75, 3.05) is 37.7 Å². The van der Waals surface area contributed by atoms with Gasteiger partial charge in [0.1, 0.15) is 28.3 Å². The number of halogens is 1. The van der Waals surface area contributed by atoms with Crippen LogP contribution >= 0.6 is 0 Å². The normalized spacial score (nSPS) is 14.5. The van der Waals surface area contributed by atoms with E-state index >= 15 is 4.39 Å². The molecule has 0 saturated carbocycles. The van der Waals surface area contributed by atoms with Crippen LogP contribution in [-0.4, -0.2) is 71.6 Å². The molecule has 1 fully saturated rings. The van der Waals surface area contributed by atoms with E-state index in [2.05, 4.69) is 16.3 Å². The predicted octanol–water partition coefficient (Wildman–Crippen LogP) is 5.15. The van der Waals surface area contributed by atoms with Gasteiger partial charge in [-0.25, -0.2) is 22.8 Å². The Labute approximate surface area is 302 Å². The van der Waals surface area contributed by atoms with E-state index in [9.17, 15) is 23.3 Å². The summed E-state index contributed by atoms with van der Waals surface area (Å²) in [5, 5.41) is 12.9. The van der Waals surface area contributed by atoms with Crippen LogP contribution in [0.4, 0.5) is 10.1 Å². The van der Waals surface area contributed by atoms with Crippen LogP contribution in [0.25, 0.3) is 55.6 Å². The first-order valence-corrected chi connectivity index (χ1v) is 18.5. The summed E-state index contributed by atoms with van der Waals surface area (Å²) in [6, 6.07) is 18.7. The standard InChI is InChI=1S/C38H33FN8O5S/c1-21-11-12-46(33(48)13-21)37-34(36(49)41-3)24-14-23(29(16-31(24)52-37)44(4)53(5,50)51)26-9-10-27-35(43-26)30-15-22-25(39)7-6-8-28(22)47(30)32(42-27)17-45-19-38(2,18-40)20-45/h6-16H,17,19-20H2,1-5H3,(H,41,49). The first-order chi connectivity index (χ1) is 25.2. The molecule has 7 aromatic rings. The summed E-state index contributed by atoms with van der Waals surface area (Å²) in [5.41, 5.74) is 3.16. The zero-order valence-corrected chi connectivity index (χ0v) is 30.2. The smallest absolute Gasteiger partial charge is 0.257 e. The molecule has 15 heteroatoms. The monoisotopic (exact) mass is 732 g/mol. The maximum absolute atomic E-state index is 15.3.